The molecule has 0 N–H and O–H groups in total. The number of esters is 1. The molecule has 0 bridgehead atoms. The number of hydrogen-bond donors (Lipinski definition) is 0. The fourth-order valence-electron chi connectivity index (χ4n) is 4.28. The van der Waals surface area contributed by atoms with Crippen molar-refractivity contribution in [3.05, 3.63) is 78.5 Å². The number of rotatable bonds is 6. The van der Waals surface area contributed by atoms with E-state index in [9.17, 15) is 9.59 Å². The molecule has 10 heteroatoms. The summed E-state index contributed by atoms with van der Waals surface area (Å²) < 4.78 is 29.0. The Morgan fingerprint density at radius 1 is 1.14 bits per heavy atom. The number of ether oxygens (including phenoxy) is 5. The molecule has 186 valence electrons. The van der Waals surface area contributed by atoms with Crippen LogP contribution in [-0.4, -0.2) is 38.2 Å². The Kier molecular flexibility index (Phi) is 6.27. The van der Waals surface area contributed by atoms with Gasteiger partial charge in [0.05, 0.1) is 42.7 Å². The highest BCUT2D eigenvalue weighted by Crippen LogP contribution is 2.38. The molecule has 2 aliphatic heterocycles. The van der Waals surface area contributed by atoms with Crippen molar-refractivity contribution in [3.8, 4) is 23.0 Å². The predicted octanol–water partition coefficient (Wildman–Crippen LogP) is 2.54. The van der Waals surface area contributed by atoms with Gasteiger partial charge < -0.3 is 23.7 Å². The number of methoxy groups -OCH3 is 2. The standard InChI is InChI=1S/C26H24N2O7S/c1-5-33-25(30)22-14(2)27-26-28(23(22)16-7-9-18-20(12-16)35-13-34-18)24(29)21(36-26)11-15-6-8-17(31-3)19(10-15)32-4/h6-12,23H,5,13H2,1-4H3/b21-11+. The zero-order chi connectivity index (χ0) is 25.4. The summed E-state index contributed by atoms with van der Waals surface area (Å²) in [5.74, 6) is 1.79. The molecule has 2 aromatic carbocycles. The topological polar surface area (TPSA) is 97.6 Å². The second-order valence-corrected chi connectivity index (χ2v) is 9.04. The molecule has 0 fully saturated rings. The minimum atomic E-state index is -0.734. The van der Waals surface area contributed by atoms with Crippen molar-refractivity contribution in [1.82, 2.24) is 4.57 Å². The Morgan fingerprint density at radius 3 is 2.67 bits per heavy atom. The van der Waals surface area contributed by atoms with E-state index in [4.69, 9.17) is 23.7 Å². The van der Waals surface area contributed by atoms with E-state index in [1.165, 1.54) is 15.9 Å². The molecular weight excluding hydrogens is 484 g/mol. The molecule has 36 heavy (non-hydrogen) atoms. The monoisotopic (exact) mass is 508 g/mol. The normalized spacial score (nSPS) is 16.4. The number of hydrogen-bond acceptors (Lipinski definition) is 9. The van der Waals surface area contributed by atoms with Gasteiger partial charge in [0.15, 0.2) is 27.8 Å². The molecule has 0 saturated carbocycles. The Balaban J connectivity index is 1.70. The first-order valence-electron chi connectivity index (χ1n) is 11.3. The van der Waals surface area contributed by atoms with Crippen molar-refractivity contribution in [1.29, 1.82) is 0 Å². The fourth-order valence-corrected chi connectivity index (χ4v) is 5.33. The molecule has 5 rings (SSSR count). The molecule has 1 unspecified atom stereocenters. The van der Waals surface area contributed by atoms with E-state index in [2.05, 4.69) is 4.99 Å². The fraction of sp³-hybridized carbons (Fsp3) is 0.269. The lowest BCUT2D eigenvalue weighted by molar-refractivity contribution is -0.139. The molecule has 0 aliphatic carbocycles. The lowest BCUT2D eigenvalue weighted by Gasteiger charge is -2.24. The third-order valence-corrected chi connectivity index (χ3v) is 6.92. The minimum absolute atomic E-state index is 0.118. The van der Waals surface area contributed by atoms with Crippen LogP contribution in [0.1, 0.15) is 31.0 Å². The van der Waals surface area contributed by atoms with Gasteiger partial charge in [0, 0.05) is 0 Å². The highest BCUT2D eigenvalue weighted by Gasteiger charge is 2.34. The number of carbonyl (C=O) groups is 1. The maximum atomic E-state index is 13.7. The number of thiazole rings is 1. The molecule has 0 spiro atoms. The van der Waals surface area contributed by atoms with Gasteiger partial charge in [-0.3, -0.25) is 9.36 Å². The smallest absolute Gasteiger partial charge is 0.338 e. The van der Waals surface area contributed by atoms with Gasteiger partial charge in [-0.2, -0.15) is 0 Å². The molecule has 0 amide bonds. The Bertz CT molecular complexity index is 1570. The van der Waals surface area contributed by atoms with Crippen LogP contribution in [0, 0.1) is 0 Å². The first-order chi connectivity index (χ1) is 17.4. The van der Waals surface area contributed by atoms with E-state index in [1.54, 1.807) is 58.4 Å². The number of allylic oxidation sites excluding steroid dienone is 1. The molecular formula is C26H24N2O7S. The van der Waals surface area contributed by atoms with Crippen LogP contribution in [0.15, 0.2) is 57.5 Å². The Hall–Kier alpha value is -4.05. The summed E-state index contributed by atoms with van der Waals surface area (Å²) in [6.07, 6.45) is 1.77. The van der Waals surface area contributed by atoms with Crippen LogP contribution in [0.3, 0.4) is 0 Å². The molecule has 1 aromatic heterocycles. The maximum Gasteiger partial charge on any atom is 0.338 e. The van der Waals surface area contributed by atoms with Gasteiger partial charge in [0.2, 0.25) is 6.79 Å². The third kappa shape index (κ3) is 4.03. The first kappa shape index (κ1) is 23.7. The van der Waals surface area contributed by atoms with E-state index in [1.807, 2.05) is 12.1 Å². The van der Waals surface area contributed by atoms with Crippen LogP contribution in [0.25, 0.3) is 6.08 Å². The summed E-state index contributed by atoms with van der Waals surface area (Å²) in [7, 11) is 3.12. The average molecular weight is 509 g/mol. The largest absolute Gasteiger partial charge is 0.493 e. The molecule has 1 atom stereocenters. The van der Waals surface area contributed by atoms with Gasteiger partial charge in [-0.05, 0) is 55.3 Å². The van der Waals surface area contributed by atoms with E-state index < -0.39 is 12.0 Å². The minimum Gasteiger partial charge on any atom is -0.493 e. The van der Waals surface area contributed by atoms with Gasteiger partial charge in [0.25, 0.3) is 5.56 Å². The zero-order valence-corrected chi connectivity index (χ0v) is 21.0. The highest BCUT2D eigenvalue weighted by molar-refractivity contribution is 7.07. The molecule has 9 nitrogen and oxygen atoms in total. The van der Waals surface area contributed by atoms with Gasteiger partial charge in [-0.25, -0.2) is 9.79 Å². The van der Waals surface area contributed by atoms with Crippen LogP contribution in [0.4, 0.5) is 0 Å². The van der Waals surface area contributed by atoms with Gasteiger partial charge in [-0.1, -0.05) is 23.5 Å². The van der Waals surface area contributed by atoms with Crippen LogP contribution < -0.4 is 33.8 Å². The van der Waals surface area contributed by atoms with Crippen molar-refractivity contribution >= 4 is 23.4 Å². The predicted molar refractivity (Wildman–Crippen MR) is 133 cm³/mol. The van der Waals surface area contributed by atoms with Crippen LogP contribution in [0.5, 0.6) is 23.0 Å². The number of benzene rings is 2. The lowest BCUT2D eigenvalue weighted by atomic mass is 9.95. The van der Waals surface area contributed by atoms with E-state index in [0.717, 1.165) is 5.56 Å². The number of carbonyl (C=O) groups excluding carboxylic acids is 1. The number of nitrogens with zero attached hydrogens (tertiary/aromatic N) is 2. The second kappa shape index (κ2) is 9.54. The third-order valence-electron chi connectivity index (χ3n) is 5.93. The second-order valence-electron chi connectivity index (χ2n) is 8.03. The summed E-state index contributed by atoms with van der Waals surface area (Å²) in [5.41, 5.74) is 1.98. The highest BCUT2D eigenvalue weighted by atomic mass is 32.1. The van der Waals surface area contributed by atoms with Crippen molar-refractivity contribution < 1.29 is 28.5 Å². The molecule has 2 aliphatic rings. The number of fused-ring (bicyclic) bond motifs is 2. The maximum absolute atomic E-state index is 13.7. The lowest BCUT2D eigenvalue weighted by Crippen LogP contribution is -2.39. The first-order valence-corrected chi connectivity index (χ1v) is 12.1. The van der Waals surface area contributed by atoms with Crippen LogP contribution in [0.2, 0.25) is 0 Å². The van der Waals surface area contributed by atoms with Gasteiger partial charge in [0.1, 0.15) is 0 Å². The Labute approximate surface area is 210 Å². The summed E-state index contributed by atoms with van der Waals surface area (Å²) in [4.78, 5) is 31.9. The molecule has 0 radical (unpaired) electrons. The summed E-state index contributed by atoms with van der Waals surface area (Å²) >= 11 is 1.25. The van der Waals surface area contributed by atoms with Gasteiger partial charge >= 0.3 is 5.97 Å². The summed E-state index contributed by atoms with van der Waals surface area (Å²) in [6, 6.07) is 10.1. The van der Waals surface area contributed by atoms with Crippen molar-refractivity contribution in [2.75, 3.05) is 27.6 Å². The molecule has 3 aromatic rings. The average Bonchev–Trinajstić information content (AvgIpc) is 3.46. The molecule has 0 saturated heterocycles. The van der Waals surface area contributed by atoms with Gasteiger partial charge in [-0.15, -0.1) is 0 Å². The number of aromatic nitrogens is 1. The SMILES string of the molecule is CCOC(=O)C1=C(C)N=c2s/c(=C/c3ccc(OC)c(OC)c3)c(=O)n2C1c1ccc2c(c1)OCO2. The van der Waals surface area contributed by atoms with E-state index in [-0.39, 0.29) is 19.0 Å². The van der Waals surface area contributed by atoms with Crippen molar-refractivity contribution in [3.63, 3.8) is 0 Å². The van der Waals surface area contributed by atoms with Crippen LogP contribution >= 0.6 is 11.3 Å². The van der Waals surface area contributed by atoms with Crippen molar-refractivity contribution in [2.24, 2.45) is 4.99 Å². The van der Waals surface area contributed by atoms with Crippen LogP contribution in [-0.2, 0) is 9.53 Å². The van der Waals surface area contributed by atoms with E-state index in [0.29, 0.717) is 49.2 Å². The van der Waals surface area contributed by atoms with Crippen molar-refractivity contribution in [2.45, 2.75) is 19.9 Å². The Morgan fingerprint density at radius 2 is 1.92 bits per heavy atom. The quantitative estimate of drug-likeness (QED) is 0.472. The summed E-state index contributed by atoms with van der Waals surface area (Å²) in [5, 5.41) is 0. The molecule has 3 heterocycles. The zero-order valence-electron chi connectivity index (χ0n) is 20.2. The van der Waals surface area contributed by atoms with E-state index >= 15 is 0 Å². The summed E-state index contributed by atoms with van der Waals surface area (Å²) in [6.45, 7) is 3.80.